The van der Waals surface area contributed by atoms with E-state index in [1.807, 2.05) is 6.07 Å². The van der Waals surface area contributed by atoms with Crippen LogP contribution < -0.4 is 5.32 Å². The highest BCUT2D eigenvalue weighted by Crippen LogP contribution is 2.17. The minimum atomic E-state index is -0.204. The van der Waals surface area contributed by atoms with E-state index in [1.165, 1.54) is 6.07 Å². The second-order valence-electron chi connectivity index (χ2n) is 4.44. The molecule has 4 heteroatoms. The topological polar surface area (TPSA) is 21.3 Å². The highest BCUT2D eigenvalue weighted by atomic mass is 79.9. The van der Waals surface area contributed by atoms with Gasteiger partial charge in [0.1, 0.15) is 5.82 Å². The minimum absolute atomic E-state index is 0.204. The van der Waals surface area contributed by atoms with Gasteiger partial charge in [0.25, 0.3) is 0 Å². The van der Waals surface area contributed by atoms with Crippen molar-refractivity contribution in [2.75, 3.05) is 19.7 Å². The van der Waals surface area contributed by atoms with Crippen molar-refractivity contribution in [2.45, 2.75) is 19.4 Å². The molecule has 1 aliphatic rings. The van der Waals surface area contributed by atoms with Crippen LogP contribution in [0.3, 0.4) is 0 Å². The molecule has 94 valence electrons. The lowest BCUT2D eigenvalue weighted by molar-refractivity contribution is 0.0747. The van der Waals surface area contributed by atoms with Crippen molar-refractivity contribution >= 4 is 15.9 Å². The van der Waals surface area contributed by atoms with Crippen molar-refractivity contribution in [2.24, 2.45) is 5.92 Å². The van der Waals surface area contributed by atoms with E-state index in [0.717, 1.165) is 37.0 Å². The third kappa shape index (κ3) is 4.05. The Morgan fingerprint density at radius 3 is 2.82 bits per heavy atom. The number of piperidine rings is 1. The van der Waals surface area contributed by atoms with Gasteiger partial charge < -0.3 is 10.1 Å². The number of ether oxygens (including phenoxy) is 1. The Hall–Kier alpha value is -0.450. The molecule has 0 saturated carbocycles. The molecule has 0 spiro atoms. The molecule has 1 fully saturated rings. The molecule has 0 unspecified atom stereocenters. The highest BCUT2D eigenvalue weighted by Gasteiger charge is 2.13. The van der Waals surface area contributed by atoms with Gasteiger partial charge in [-0.1, -0.05) is 22.0 Å². The van der Waals surface area contributed by atoms with Gasteiger partial charge in [-0.2, -0.15) is 0 Å². The molecule has 1 N–H and O–H groups in total. The van der Waals surface area contributed by atoms with Crippen LogP contribution in [0.2, 0.25) is 0 Å². The lowest BCUT2D eigenvalue weighted by Crippen LogP contribution is -2.29. The van der Waals surface area contributed by atoms with E-state index in [4.69, 9.17) is 4.74 Å². The average Bonchev–Trinajstić information content (AvgIpc) is 2.33. The van der Waals surface area contributed by atoms with Crippen LogP contribution in [0, 0.1) is 11.7 Å². The Bertz CT molecular complexity index is 366. The first-order valence-electron chi connectivity index (χ1n) is 5.98. The normalized spacial score (nSPS) is 17.3. The van der Waals surface area contributed by atoms with E-state index >= 15 is 0 Å². The first-order valence-corrected chi connectivity index (χ1v) is 6.77. The Kier molecular flexibility index (Phi) is 4.95. The van der Waals surface area contributed by atoms with E-state index in [1.54, 1.807) is 6.07 Å². The zero-order chi connectivity index (χ0) is 12.1. The molecule has 0 radical (unpaired) electrons. The predicted octanol–water partition coefficient (Wildman–Crippen LogP) is 3.10. The molecule has 1 aliphatic heterocycles. The molecule has 2 nitrogen and oxygen atoms in total. The van der Waals surface area contributed by atoms with Gasteiger partial charge in [-0.25, -0.2) is 4.39 Å². The summed E-state index contributed by atoms with van der Waals surface area (Å²) in [6.07, 6.45) is 2.31. The number of hydrogen-bond acceptors (Lipinski definition) is 2. The monoisotopic (exact) mass is 301 g/mol. The maximum Gasteiger partial charge on any atom is 0.129 e. The summed E-state index contributed by atoms with van der Waals surface area (Å²) < 4.78 is 19.9. The summed E-state index contributed by atoms with van der Waals surface area (Å²) in [4.78, 5) is 0. The molecule has 2 rings (SSSR count). The quantitative estimate of drug-likeness (QED) is 0.923. The summed E-state index contributed by atoms with van der Waals surface area (Å²) in [5, 5.41) is 3.32. The van der Waals surface area contributed by atoms with Gasteiger partial charge in [-0.3, -0.25) is 0 Å². The zero-order valence-electron chi connectivity index (χ0n) is 9.72. The number of hydrogen-bond donors (Lipinski definition) is 1. The van der Waals surface area contributed by atoms with E-state index < -0.39 is 0 Å². The van der Waals surface area contributed by atoms with Gasteiger partial charge in [-0.15, -0.1) is 0 Å². The summed E-state index contributed by atoms with van der Waals surface area (Å²) in [7, 11) is 0. The largest absolute Gasteiger partial charge is 0.376 e. The molecular weight excluding hydrogens is 285 g/mol. The van der Waals surface area contributed by atoms with Crippen molar-refractivity contribution in [3.8, 4) is 0 Å². The first-order chi connectivity index (χ1) is 8.25. The van der Waals surface area contributed by atoms with Crippen LogP contribution in [0.25, 0.3) is 0 Å². The summed E-state index contributed by atoms with van der Waals surface area (Å²) in [6, 6.07) is 5.08. The number of nitrogens with one attached hydrogen (secondary N) is 1. The average molecular weight is 302 g/mol. The minimum Gasteiger partial charge on any atom is -0.376 e. The highest BCUT2D eigenvalue weighted by molar-refractivity contribution is 9.10. The maximum absolute atomic E-state index is 13.5. The fourth-order valence-electron chi connectivity index (χ4n) is 2.02. The van der Waals surface area contributed by atoms with Gasteiger partial charge in [0.05, 0.1) is 6.61 Å². The lowest BCUT2D eigenvalue weighted by Gasteiger charge is -2.22. The van der Waals surface area contributed by atoms with Crippen molar-refractivity contribution in [1.29, 1.82) is 0 Å². The molecule has 1 aromatic rings. The molecule has 0 aliphatic carbocycles. The SMILES string of the molecule is Fc1cc(Br)ccc1COCC1CCNCC1. The van der Waals surface area contributed by atoms with E-state index in [2.05, 4.69) is 21.2 Å². The van der Waals surface area contributed by atoms with Crippen LogP contribution in [0.1, 0.15) is 18.4 Å². The van der Waals surface area contributed by atoms with E-state index in [9.17, 15) is 4.39 Å². The van der Waals surface area contributed by atoms with Crippen LogP contribution in [0.15, 0.2) is 22.7 Å². The van der Waals surface area contributed by atoms with Crippen molar-refractivity contribution in [3.63, 3.8) is 0 Å². The van der Waals surface area contributed by atoms with E-state index in [-0.39, 0.29) is 5.82 Å². The van der Waals surface area contributed by atoms with E-state index in [0.29, 0.717) is 18.1 Å². The second-order valence-corrected chi connectivity index (χ2v) is 5.36. The van der Waals surface area contributed by atoms with Crippen molar-refractivity contribution in [1.82, 2.24) is 5.32 Å². The first kappa shape index (κ1) is 13.0. The van der Waals surface area contributed by atoms with Gasteiger partial charge in [-0.05, 0) is 44.0 Å². The Morgan fingerprint density at radius 1 is 1.35 bits per heavy atom. The molecule has 0 atom stereocenters. The van der Waals surface area contributed by atoms with Crippen LogP contribution >= 0.6 is 15.9 Å². The van der Waals surface area contributed by atoms with Crippen LogP contribution in [-0.4, -0.2) is 19.7 Å². The Balaban J connectivity index is 1.77. The standard InChI is InChI=1S/C13H17BrFNO/c14-12-2-1-11(13(15)7-12)9-17-8-10-3-5-16-6-4-10/h1-2,7,10,16H,3-6,8-9H2. The fraction of sp³-hybridized carbons (Fsp3) is 0.538. The van der Waals surface area contributed by atoms with Crippen molar-refractivity contribution in [3.05, 3.63) is 34.1 Å². The Morgan fingerprint density at radius 2 is 2.12 bits per heavy atom. The number of benzene rings is 1. The predicted molar refractivity (Wildman–Crippen MR) is 69.3 cm³/mol. The molecule has 17 heavy (non-hydrogen) atoms. The zero-order valence-corrected chi connectivity index (χ0v) is 11.3. The third-order valence-electron chi connectivity index (χ3n) is 3.08. The molecule has 1 saturated heterocycles. The van der Waals surface area contributed by atoms with Crippen LogP contribution in [-0.2, 0) is 11.3 Å². The summed E-state index contributed by atoms with van der Waals surface area (Å²) in [6.45, 7) is 3.24. The van der Waals surface area contributed by atoms with Gasteiger partial charge in [0, 0.05) is 16.6 Å². The molecule has 1 aromatic carbocycles. The number of rotatable bonds is 4. The summed E-state index contributed by atoms with van der Waals surface area (Å²) >= 11 is 3.24. The maximum atomic E-state index is 13.5. The summed E-state index contributed by atoms with van der Waals surface area (Å²) in [5.74, 6) is 0.416. The molecular formula is C13H17BrFNO. The van der Waals surface area contributed by atoms with Gasteiger partial charge in [0.15, 0.2) is 0 Å². The van der Waals surface area contributed by atoms with Gasteiger partial charge >= 0.3 is 0 Å². The Labute approximate surface area is 110 Å². The van der Waals surface area contributed by atoms with Crippen LogP contribution in [0.4, 0.5) is 4.39 Å². The van der Waals surface area contributed by atoms with Crippen LogP contribution in [0.5, 0.6) is 0 Å². The smallest absolute Gasteiger partial charge is 0.129 e. The molecule has 0 bridgehead atoms. The fourth-order valence-corrected chi connectivity index (χ4v) is 2.36. The lowest BCUT2D eigenvalue weighted by atomic mass is 9.99. The number of halogens is 2. The molecule has 1 heterocycles. The molecule has 0 amide bonds. The second kappa shape index (κ2) is 6.47. The third-order valence-corrected chi connectivity index (χ3v) is 3.58. The summed E-state index contributed by atoms with van der Waals surface area (Å²) in [5.41, 5.74) is 0.627. The molecule has 0 aromatic heterocycles. The van der Waals surface area contributed by atoms with Crippen molar-refractivity contribution < 1.29 is 9.13 Å². The van der Waals surface area contributed by atoms with Gasteiger partial charge in [0.2, 0.25) is 0 Å².